The Labute approximate surface area is 92.6 Å². The normalized spacial score (nSPS) is 11.9. The second-order valence-corrected chi connectivity index (χ2v) is 3.21. The molecule has 1 atom stereocenters. The van der Waals surface area contributed by atoms with Crippen LogP contribution in [0.1, 0.15) is 6.42 Å². The molecule has 0 saturated carbocycles. The number of hydrogen-bond donors (Lipinski definition) is 1. The van der Waals surface area contributed by atoms with Gasteiger partial charge in [0.25, 0.3) is 0 Å². The van der Waals surface area contributed by atoms with Crippen LogP contribution in [-0.2, 0) is 0 Å². The van der Waals surface area contributed by atoms with Gasteiger partial charge in [0.05, 0.1) is 18.7 Å². The van der Waals surface area contributed by atoms with E-state index >= 15 is 0 Å². The average Bonchev–Trinajstić information content (AvgIpc) is 2.23. The van der Waals surface area contributed by atoms with Gasteiger partial charge in [0, 0.05) is 24.6 Å². The maximum atomic E-state index is 12.8. The van der Waals surface area contributed by atoms with Gasteiger partial charge in [-0.1, -0.05) is 0 Å². The summed E-state index contributed by atoms with van der Waals surface area (Å²) >= 11 is 0. The van der Waals surface area contributed by atoms with Crippen LogP contribution in [-0.4, -0.2) is 19.7 Å². The average molecular weight is 226 g/mol. The molecule has 0 bridgehead atoms. The predicted molar refractivity (Wildman–Crippen MR) is 54.9 cm³/mol. The number of rotatable bonds is 5. The minimum atomic E-state index is -0.680. The Kier molecular flexibility index (Phi) is 4.67. The molecule has 0 heterocycles. The standard InChI is InChI=1S/C11H12F2N2O/c1-15-10(7-14)2-3-16-11-5-8(12)4-9(13)6-11/h4-6,10,15H,2-3H2,1H3. The lowest BCUT2D eigenvalue weighted by atomic mass is 10.2. The van der Waals surface area contributed by atoms with Gasteiger partial charge in [-0.05, 0) is 7.05 Å². The first-order valence-corrected chi connectivity index (χ1v) is 4.81. The molecule has 0 aromatic heterocycles. The Hall–Kier alpha value is -1.67. The molecule has 5 heteroatoms. The lowest BCUT2D eigenvalue weighted by Gasteiger charge is -2.09. The van der Waals surface area contributed by atoms with Crippen molar-refractivity contribution in [3.8, 4) is 11.8 Å². The summed E-state index contributed by atoms with van der Waals surface area (Å²) in [6.07, 6.45) is 0.450. The summed E-state index contributed by atoms with van der Waals surface area (Å²) in [4.78, 5) is 0. The van der Waals surface area contributed by atoms with Gasteiger partial charge in [0.2, 0.25) is 0 Å². The van der Waals surface area contributed by atoms with Crippen molar-refractivity contribution in [2.45, 2.75) is 12.5 Å². The highest BCUT2D eigenvalue weighted by atomic mass is 19.1. The van der Waals surface area contributed by atoms with Crippen molar-refractivity contribution in [1.82, 2.24) is 5.32 Å². The lowest BCUT2D eigenvalue weighted by Crippen LogP contribution is -2.25. The molecule has 1 unspecified atom stereocenters. The maximum Gasteiger partial charge on any atom is 0.129 e. The fraction of sp³-hybridized carbons (Fsp3) is 0.364. The Bertz CT molecular complexity index is 370. The van der Waals surface area contributed by atoms with Crippen LogP contribution in [0.25, 0.3) is 0 Å². The summed E-state index contributed by atoms with van der Waals surface area (Å²) < 4.78 is 30.7. The Morgan fingerprint density at radius 3 is 2.50 bits per heavy atom. The van der Waals surface area contributed by atoms with Gasteiger partial charge in [-0.15, -0.1) is 0 Å². The molecule has 0 aliphatic carbocycles. The van der Waals surface area contributed by atoms with E-state index in [1.807, 2.05) is 6.07 Å². The molecule has 0 radical (unpaired) electrons. The number of hydrogen-bond acceptors (Lipinski definition) is 3. The third kappa shape index (κ3) is 3.83. The molecule has 0 amide bonds. The SMILES string of the molecule is CNC(C#N)CCOc1cc(F)cc(F)c1. The first-order valence-electron chi connectivity index (χ1n) is 4.81. The van der Waals surface area contributed by atoms with E-state index in [1.54, 1.807) is 7.05 Å². The van der Waals surface area contributed by atoms with Gasteiger partial charge in [-0.25, -0.2) is 8.78 Å². The highest BCUT2D eigenvalue weighted by molar-refractivity contribution is 5.23. The van der Waals surface area contributed by atoms with E-state index in [9.17, 15) is 8.78 Å². The molecule has 16 heavy (non-hydrogen) atoms. The molecule has 0 fully saturated rings. The third-order valence-corrected chi connectivity index (χ3v) is 2.02. The van der Waals surface area contributed by atoms with E-state index in [4.69, 9.17) is 10.00 Å². The number of halogens is 2. The van der Waals surface area contributed by atoms with Crippen LogP contribution < -0.4 is 10.1 Å². The number of nitrogens with zero attached hydrogens (tertiary/aromatic N) is 1. The molecule has 0 aliphatic heterocycles. The van der Waals surface area contributed by atoms with Gasteiger partial charge in [0.1, 0.15) is 17.4 Å². The first-order chi connectivity index (χ1) is 7.65. The maximum absolute atomic E-state index is 12.8. The third-order valence-electron chi connectivity index (χ3n) is 2.02. The Balaban J connectivity index is 2.46. The molecule has 3 nitrogen and oxygen atoms in total. The van der Waals surface area contributed by atoms with E-state index in [1.165, 1.54) is 0 Å². The zero-order valence-electron chi connectivity index (χ0n) is 8.84. The number of ether oxygens (including phenoxy) is 1. The van der Waals surface area contributed by atoms with Crippen LogP contribution >= 0.6 is 0 Å². The van der Waals surface area contributed by atoms with Crippen molar-refractivity contribution in [2.24, 2.45) is 0 Å². The van der Waals surface area contributed by atoms with Crippen molar-refractivity contribution >= 4 is 0 Å². The van der Waals surface area contributed by atoms with Crippen molar-refractivity contribution in [2.75, 3.05) is 13.7 Å². The van der Waals surface area contributed by atoms with Crippen LogP contribution in [0.2, 0.25) is 0 Å². The summed E-state index contributed by atoms with van der Waals surface area (Å²) in [6.45, 7) is 0.224. The van der Waals surface area contributed by atoms with Gasteiger partial charge < -0.3 is 10.1 Å². The lowest BCUT2D eigenvalue weighted by molar-refractivity contribution is 0.297. The predicted octanol–water partition coefficient (Wildman–Crippen LogP) is 1.85. The molecule has 1 aromatic carbocycles. The topological polar surface area (TPSA) is 45.0 Å². The van der Waals surface area contributed by atoms with Gasteiger partial charge in [0.15, 0.2) is 0 Å². The van der Waals surface area contributed by atoms with Gasteiger partial charge >= 0.3 is 0 Å². The fourth-order valence-corrected chi connectivity index (χ4v) is 1.18. The minimum absolute atomic E-state index is 0.130. The molecular weight excluding hydrogens is 214 g/mol. The van der Waals surface area contributed by atoms with Gasteiger partial charge in [-0.3, -0.25) is 0 Å². The van der Waals surface area contributed by atoms with Crippen molar-refractivity contribution in [3.05, 3.63) is 29.8 Å². The summed E-state index contributed by atoms with van der Waals surface area (Å²) in [5.74, 6) is -1.23. The first kappa shape index (κ1) is 12.4. The van der Waals surface area contributed by atoms with Crippen LogP contribution in [0.5, 0.6) is 5.75 Å². The number of benzene rings is 1. The zero-order valence-corrected chi connectivity index (χ0v) is 8.84. The quantitative estimate of drug-likeness (QED) is 0.833. The summed E-state index contributed by atoms with van der Waals surface area (Å²) in [5.41, 5.74) is 0. The van der Waals surface area contributed by atoms with Crippen LogP contribution in [0.15, 0.2) is 18.2 Å². The summed E-state index contributed by atoms with van der Waals surface area (Å²) in [7, 11) is 1.66. The van der Waals surface area contributed by atoms with Crippen molar-refractivity contribution in [3.63, 3.8) is 0 Å². The second-order valence-electron chi connectivity index (χ2n) is 3.21. The highest BCUT2D eigenvalue weighted by Gasteiger charge is 2.05. The molecule has 0 aliphatic rings. The molecule has 86 valence electrons. The molecule has 0 saturated heterocycles. The van der Waals surface area contributed by atoms with Crippen LogP contribution in [0, 0.1) is 23.0 Å². The molecule has 0 spiro atoms. The monoisotopic (exact) mass is 226 g/mol. The van der Waals surface area contributed by atoms with E-state index in [2.05, 4.69) is 5.32 Å². The van der Waals surface area contributed by atoms with Crippen molar-refractivity contribution < 1.29 is 13.5 Å². The van der Waals surface area contributed by atoms with E-state index in [0.717, 1.165) is 18.2 Å². The smallest absolute Gasteiger partial charge is 0.129 e. The Morgan fingerprint density at radius 1 is 1.38 bits per heavy atom. The van der Waals surface area contributed by atoms with E-state index in [-0.39, 0.29) is 18.4 Å². The van der Waals surface area contributed by atoms with Crippen LogP contribution in [0.4, 0.5) is 8.78 Å². The molecule has 1 N–H and O–H groups in total. The van der Waals surface area contributed by atoms with Crippen molar-refractivity contribution in [1.29, 1.82) is 5.26 Å². The Morgan fingerprint density at radius 2 is 2.00 bits per heavy atom. The molecule has 1 aromatic rings. The summed E-state index contributed by atoms with van der Waals surface area (Å²) in [6, 6.07) is 4.68. The van der Waals surface area contributed by atoms with Crippen LogP contribution in [0.3, 0.4) is 0 Å². The number of nitriles is 1. The second kappa shape index (κ2) is 6.03. The molecular formula is C11H12F2N2O. The number of nitrogens with one attached hydrogen (secondary N) is 1. The van der Waals surface area contributed by atoms with E-state index in [0.29, 0.717) is 6.42 Å². The highest BCUT2D eigenvalue weighted by Crippen LogP contribution is 2.15. The fourth-order valence-electron chi connectivity index (χ4n) is 1.18. The molecule has 1 rings (SSSR count). The minimum Gasteiger partial charge on any atom is -0.493 e. The van der Waals surface area contributed by atoms with E-state index < -0.39 is 11.6 Å². The largest absolute Gasteiger partial charge is 0.493 e. The summed E-state index contributed by atoms with van der Waals surface area (Å²) in [5, 5.41) is 11.4. The van der Waals surface area contributed by atoms with Gasteiger partial charge in [-0.2, -0.15) is 5.26 Å². The zero-order chi connectivity index (χ0) is 12.0.